The van der Waals surface area contributed by atoms with Crippen LogP contribution in [0.3, 0.4) is 0 Å². The number of sulfonamides is 1. The van der Waals surface area contributed by atoms with Crippen LogP contribution in [-0.2, 0) is 27.9 Å². The maximum absolute atomic E-state index is 11.8. The Labute approximate surface area is 106 Å². The molecule has 0 amide bonds. The molecule has 102 valence electrons. The zero-order valence-electron chi connectivity index (χ0n) is 9.39. The second-order valence-electron chi connectivity index (χ2n) is 3.42. The highest BCUT2D eigenvalue weighted by molar-refractivity contribution is 7.89. The Hall–Kier alpha value is -2.34. The molecule has 12 heteroatoms. The highest BCUT2D eigenvalue weighted by Crippen LogP contribution is 2.07. The largest absolute Gasteiger partial charge is 0.480 e. The number of nitrogens with one attached hydrogen (secondary N) is 2. The fraction of sp³-hybridized carbons (Fsp3) is 0.286. The molecule has 0 atom stereocenters. The van der Waals surface area contributed by atoms with Gasteiger partial charge in [0.05, 0.1) is 12.7 Å². The third-order valence-corrected chi connectivity index (χ3v) is 3.38. The third-order valence-electron chi connectivity index (χ3n) is 2.03. The lowest BCUT2D eigenvalue weighted by atomic mass is 10.6. The number of rotatable bonds is 6. The normalized spacial score (nSPS) is 11.6. The van der Waals surface area contributed by atoms with Gasteiger partial charge in [-0.05, 0) is 0 Å². The van der Waals surface area contributed by atoms with Crippen molar-refractivity contribution in [2.75, 3.05) is 0 Å². The summed E-state index contributed by atoms with van der Waals surface area (Å²) in [7, 11) is -3.80. The molecule has 0 aromatic carbocycles. The number of carboxylic acids is 1. The van der Waals surface area contributed by atoms with Crippen molar-refractivity contribution >= 4 is 16.0 Å². The van der Waals surface area contributed by atoms with Crippen LogP contribution >= 0.6 is 0 Å². The van der Waals surface area contributed by atoms with E-state index in [1.54, 1.807) is 0 Å². The molecule has 2 heterocycles. The molecule has 2 aromatic heterocycles. The van der Waals surface area contributed by atoms with Crippen LogP contribution in [0.1, 0.15) is 5.82 Å². The molecule has 0 aliphatic heterocycles. The average Bonchev–Trinajstić information content (AvgIpc) is 2.96. The summed E-state index contributed by atoms with van der Waals surface area (Å²) in [6.07, 6.45) is 2.17. The number of tetrazole rings is 1. The van der Waals surface area contributed by atoms with Gasteiger partial charge < -0.3 is 5.11 Å². The van der Waals surface area contributed by atoms with Gasteiger partial charge in [0.2, 0.25) is 10.0 Å². The topological polar surface area (TPSA) is 156 Å². The van der Waals surface area contributed by atoms with Crippen molar-refractivity contribution in [3.05, 3.63) is 18.2 Å². The Bertz CT molecular complexity index is 661. The SMILES string of the molecule is O=C(O)Cn1cc(S(=O)(=O)NCc2nn[nH]n2)cn1. The van der Waals surface area contributed by atoms with Crippen molar-refractivity contribution < 1.29 is 18.3 Å². The molecule has 19 heavy (non-hydrogen) atoms. The highest BCUT2D eigenvalue weighted by Gasteiger charge is 2.17. The second kappa shape index (κ2) is 5.11. The van der Waals surface area contributed by atoms with Crippen LogP contribution in [0.15, 0.2) is 17.3 Å². The van der Waals surface area contributed by atoms with Crippen molar-refractivity contribution in [1.29, 1.82) is 0 Å². The van der Waals surface area contributed by atoms with E-state index in [-0.39, 0.29) is 17.3 Å². The molecule has 2 rings (SSSR count). The smallest absolute Gasteiger partial charge is 0.325 e. The molecular weight excluding hydrogens is 278 g/mol. The first-order chi connectivity index (χ1) is 8.97. The fourth-order valence-corrected chi connectivity index (χ4v) is 2.14. The van der Waals surface area contributed by atoms with E-state index in [4.69, 9.17) is 5.11 Å². The lowest BCUT2D eigenvalue weighted by Gasteiger charge is -2.00. The van der Waals surface area contributed by atoms with Crippen LogP contribution in [0.25, 0.3) is 0 Å². The van der Waals surface area contributed by atoms with Crippen molar-refractivity contribution in [3.63, 3.8) is 0 Å². The molecule has 0 fully saturated rings. The minimum Gasteiger partial charge on any atom is -0.480 e. The van der Waals surface area contributed by atoms with Crippen molar-refractivity contribution in [3.8, 4) is 0 Å². The zero-order chi connectivity index (χ0) is 13.9. The Kier molecular flexibility index (Phi) is 3.52. The maximum Gasteiger partial charge on any atom is 0.325 e. The van der Waals surface area contributed by atoms with Gasteiger partial charge in [-0.3, -0.25) is 9.48 Å². The summed E-state index contributed by atoms with van der Waals surface area (Å²) in [5.41, 5.74) is 0. The summed E-state index contributed by atoms with van der Waals surface area (Å²) in [5, 5.41) is 24.8. The van der Waals surface area contributed by atoms with E-state index in [1.807, 2.05) is 0 Å². The molecule has 3 N–H and O–H groups in total. The van der Waals surface area contributed by atoms with Gasteiger partial charge in [0.1, 0.15) is 11.4 Å². The molecule has 0 saturated heterocycles. The van der Waals surface area contributed by atoms with Crippen LogP contribution in [0.4, 0.5) is 0 Å². The van der Waals surface area contributed by atoms with E-state index in [2.05, 4.69) is 30.4 Å². The number of aromatic amines is 1. The summed E-state index contributed by atoms with van der Waals surface area (Å²) in [5.74, 6) is -0.937. The van der Waals surface area contributed by atoms with Gasteiger partial charge in [0.15, 0.2) is 5.82 Å². The van der Waals surface area contributed by atoms with Crippen LogP contribution in [0.5, 0.6) is 0 Å². The number of aliphatic carboxylic acids is 1. The van der Waals surface area contributed by atoms with Gasteiger partial charge in [-0.2, -0.15) is 10.3 Å². The Morgan fingerprint density at radius 1 is 1.53 bits per heavy atom. The number of hydrogen-bond acceptors (Lipinski definition) is 7. The Morgan fingerprint density at radius 2 is 2.32 bits per heavy atom. The monoisotopic (exact) mass is 287 g/mol. The van der Waals surface area contributed by atoms with E-state index in [0.29, 0.717) is 0 Å². The van der Waals surface area contributed by atoms with Crippen LogP contribution in [0, 0.1) is 0 Å². The van der Waals surface area contributed by atoms with Gasteiger partial charge in [-0.15, -0.1) is 10.2 Å². The summed E-state index contributed by atoms with van der Waals surface area (Å²) in [6, 6.07) is 0. The maximum atomic E-state index is 11.8. The van der Waals surface area contributed by atoms with Crippen molar-refractivity contribution in [2.45, 2.75) is 18.0 Å². The lowest BCUT2D eigenvalue weighted by Crippen LogP contribution is -2.23. The fourth-order valence-electron chi connectivity index (χ4n) is 1.21. The van der Waals surface area contributed by atoms with Crippen molar-refractivity contribution in [2.24, 2.45) is 0 Å². The number of hydrogen-bond donors (Lipinski definition) is 3. The van der Waals surface area contributed by atoms with Crippen molar-refractivity contribution in [1.82, 2.24) is 35.1 Å². The quantitative estimate of drug-likeness (QED) is 0.548. The van der Waals surface area contributed by atoms with Gasteiger partial charge >= 0.3 is 5.97 Å². The minimum atomic E-state index is -3.80. The molecular formula is C7H9N7O4S. The van der Waals surface area contributed by atoms with Crippen LogP contribution < -0.4 is 4.72 Å². The minimum absolute atomic E-state index is 0.136. The van der Waals surface area contributed by atoms with E-state index in [0.717, 1.165) is 17.1 Å². The Balaban J connectivity index is 2.06. The molecule has 0 aliphatic rings. The first kappa shape index (κ1) is 13.1. The van der Waals surface area contributed by atoms with Gasteiger partial charge in [0, 0.05) is 6.20 Å². The molecule has 2 aromatic rings. The summed E-state index contributed by atoms with van der Waals surface area (Å²) < 4.78 is 26.9. The number of carboxylic acid groups (broad SMARTS) is 1. The van der Waals surface area contributed by atoms with E-state index in [1.165, 1.54) is 0 Å². The second-order valence-corrected chi connectivity index (χ2v) is 5.19. The van der Waals surface area contributed by atoms with Crippen LogP contribution in [-0.4, -0.2) is 49.9 Å². The van der Waals surface area contributed by atoms with Gasteiger partial charge in [-0.1, -0.05) is 5.21 Å². The van der Waals surface area contributed by atoms with E-state index < -0.39 is 22.5 Å². The number of H-pyrrole nitrogens is 1. The summed E-state index contributed by atoms with van der Waals surface area (Å²) in [6.45, 7) is -0.552. The average molecular weight is 287 g/mol. The first-order valence-corrected chi connectivity index (χ1v) is 6.42. The lowest BCUT2D eigenvalue weighted by molar-refractivity contribution is -0.137. The van der Waals surface area contributed by atoms with Gasteiger partial charge in [0.25, 0.3) is 0 Å². The standard InChI is InChI=1S/C7H9N7O4S/c15-7(16)4-14-3-5(1-8-14)19(17,18)9-2-6-10-12-13-11-6/h1,3,9H,2,4H2,(H,15,16)(H,10,11,12,13). The molecule has 0 aliphatic carbocycles. The van der Waals surface area contributed by atoms with Crippen LogP contribution in [0.2, 0.25) is 0 Å². The molecule has 11 nitrogen and oxygen atoms in total. The number of aromatic nitrogens is 6. The first-order valence-electron chi connectivity index (χ1n) is 4.93. The molecule has 0 radical (unpaired) electrons. The third kappa shape index (κ3) is 3.32. The Morgan fingerprint density at radius 3 is 2.95 bits per heavy atom. The molecule has 0 bridgehead atoms. The molecule has 0 spiro atoms. The molecule has 0 unspecified atom stereocenters. The summed E-state index contributed by atoms with van der Waals surface area (Å²) >= 11 is 0. The predicted molar refractivity (Wildman–Crippen MR) is 58.1 cm³/mol. The summed E-state index contributed by atoms with van der Waals surface area (Å²) in [4.78, 5) is 10.3. The number of nitrogens with zero attached hydrogens (tertiary/aromatic N) is 5. The van der Waals surface area contributed by atoms with Gasteiger partial charge in [-0.25, -0.2) is 13.1 Å². The van der Waals surface area contributed by atoms with E-state index >= 15 is 0 Å². The highest BCUT2D eigenvalue weighted by atomic mass is 32.2. The molecule has 0 saturated carbocycles. The zero-order valence-corrected chi connectivity index (χ0v) is 10.2. The van der Waals surface area contributed by atoms with E-state index in [9.17, 15) is 13.2 Å². The predicted octanol–water partition coefficient (Wildman–Crippen LogP) is -2.04. The number of carbonyl (C=O) groups is 1.